The van der Waals surface area contributed by atoms with Crippen molar-refractivity contribution in [3.63, 3.8) is 0 Å². The number of rotatable bonds is 6. The molecule has 1 aromatic heterocycles. The molecular formula is C23H14F4N4O2S. The third-order valence-corrected chi connectivity index (χ3v) is 5.31. The lowest BCUT2D eigenvalue weighted by molar-refractivity contribution is -0.137. The lowest BCUT2D eigenvalue weighted by Gasteiger charge is -2.09. The number of carboxylic acids is 1. The van der Waals surface area contributed by atoms with E-state index in [1.54, 1.807) is 5.38 Å². The zero-order valence-corrected chi connectivity index (χ0v) is 17.9. The van der Waals surface area contributed by atoms with Gasteiger partial charge in [-0.1, -0.05) is 12.1 Å². The Kier molecular flexibility index (Phi) is 6.37. The second kappa shape index (κ2) is 9.40. The molecule has 0 aliphatic carbocycles. The van der Waals surface area contributed by atoms with Gasteiger partial charge in [-0.2, -0.15) is 18.3 Å². The second-order valence-corrected chi connectivity index (χ2v) is 7.82. The van der Waals surface area contributed by atoms with E-state index in [0.717, 1.165) is 12.1 Å². The van der Waals surface area contributed by atoms with Gasteiger partial charge in [0.2, 0.25) is 0 Å². The standard InChI is InChI=1S/C23H14F4N4O2S/c24-18-8-7-13(10-19(18)31-30-17-6-1-3-14(9-17)21(32)33)20-12-34-22(29-20)28-16-5-2-4-15(11-16)23(25,26)27/h1-12H,(H,28,29)(H,32,33)/b31-30+. The van der Waals surface area contributed by atoms with E-state index >= 15 is 0 Å². The third kappa shape index (κ3) is 5.44. The van der Waals surface area contributed by atoms with Crippen LogP contribution in [0.15, 0.2) is 82.3 Å². The quantitative estimate of drug-likeness (QED) is 0.215. The van der Waals surface area contributed by atoms with Gasteiger partial charge in [-0.25, -0.2) is 14.2 Å². The highest BCUT2D eigenvalue weighted by Crippen LogP contribution is 2.34. The molecule has 4 aromatic rings. The number of aromatic carboxylic acids is 1. The van der Waals surface area contributed by atoms with Gasteiger partial charge in [0.15, 0.2) is 10.9 Å². The number of carboxylic acid groups (broad SMARTS) is 1. The van der Waals surface area contributed by atoms with Crippen molar-refractivity contribution in [1.29, 1.82) is 0 Å². The Bertz CT molecular complexity index is 1390. The monoisotopic (exact) mass is 486 g/mol. The highest BCUT2D eigenvalue weighted by atomic mass is 32.1. The first-order valence-corrected chi connectivity index (χ1v) is 10.5. The summed E-state index contributed by atoms with van der Waals surface area (Å²) in [5.41, 5.74) is 0.606. The summed E-state index contributed by atoms with van der Waals surface area (Å²) in [7, 11) is 0. The molecule has 0 radical (unpaired) electrons. The number of hydrogen-bond acceptors (Lipinski definition) is 6. The average Bonchev–Trinajstić information content (AvgIpc) is 3.27. The Labute approximate surface area is 194 Å². The summed E-state index contributed by atoms with van der Waals surface area (Å²) >= 11 is 1.17. The van der Waals surface area contributed by atoms with Crippen LogP contribution in [0.1, 0.15) is 15.9 Å². The molecule has 0 amide bonds. The van der Waals surface area contributed by atoms with E-state index in [2.05, 4.69) is 20.5 Å². The van der Waals surface area contributed by atoms with Crippen LogP contribution in [0.5, 0.6) is 0 Å². The van der Waals surface area contributed by atoms with Gasteiger partial charge >= 0.3 is 12.1 Å². The molecule has 0 atom stereocenters. The van der Waals surface area contributed by atoms with Crippen molar-refractivity contribution in [2.24, 2.45) is 10.2 Å². The zero-order chi connectivity index (χ0) is 24.3. The molecular weight excluding hydrogens is 472 g/mol. The predicted molar refractivity (Wildman–Crippen MR) is 120 cm³/mol. The minimum atomic E-state index is -4.46. The number of thiazole rings is 1. The Morgan fingerprint density at radius 1 is 1.00 bits per heavy atom. The number of hydrogen-bond donors (Lipinski definition) is 2. The molecule has 3 aromatic carbocycles. The predicted octanol–water partition coefficient (Wildman–Crippen LogP) is 7.83. The molecule has 6 nitrogen and oxygen atoms in total. The van der Waals surface area contributed by atoms with E-state index in [1.165, 1.54) is 65.9 Å². The van der Waals surface area contributed by atoms with Gasteiger partial charge in [0.25, 0.3) is 0 Å². The largest absolute Gasteiger partial charge is 0.478 e. The molecule has 34 heavy (non-hydrogen) atoms. The van der Waals surface area contributed by atoms with Crippen molar-refractivity contribution in [2.75, 3.05) is 5.32 Å². The van der Waals surface area contributed by atoms with Crippen LogP contribution in [0, 0.1) is 5.82 Å². The number of nitrogens with one attached hydrogen (secondary N) is 1. The molecule has 4 rings (SSSR count). The number of aromatic nitrogens is 1. The van der Waals surface area contributed by atoms with E-state index < -0.39 is 23.5 Å². The van der Waals surface area contributed by atoms with Gasteiger partial charge in [0.05, 0.1) is 22.5 Å². The van der Waals surface area contributed by atoms with Gasteiger partial charge in [-0.3, -0.25) is 0 Å². The minimum Gasteiger partial charge on any atom is -0.478 e. The molecule has 0 saturated carbocycles. The number of benzene rings is 3. The normalized spacial score (nSPS) is 11.6. The van der Waals surface area contributed by atoms with Crippen LogP contribution in [-0.2, 0) is 6.18 Å². The number of carbonyl (C=O) groups is 1. The van der Waals surface area contributed by atoms with Crippen LogP contribution in [0.4, 0.5) is 39.8 Å². The smallest absolute Gasteiger partial charge is 0.416 e. The number of halogens is 4. The van der Waals surface area contributed by atoms with Crippen LogP contribution in [0.3, 0.4) is 0 Å². The summed E-state index contributed by atoms with van der Waals surface area (Å²) in [4.78, 5) is 15.4. The second-order valence-electron chi connectivity index (χ2n) is 6.96. The summed E-state index contributed by atoms with van der Waals surface area (Å²) in [6.45, 7) is 0. The number of alkyl halides is 3. The van der Waals surface area contributed by atoms with E-state index in [-0.39, 0.29) is 22.6 Å². The molecule has 172 valence electrons. The van der Waals surface area contributed by atoms with E-state index in [4.69, 9.17) is 5.11 Å². The van der Waals surface area contributed by atoms with Crippen molar-refractivity contribution in [2.45, 2.75) is 6.18 Å². The van der Waals surface area contributed by atoms with Gasteiger partial charge in [-0.05, 0) is 54.6 Å². The van der Waals surface area contributed by atoms with Crippen LogP contribution >= 0.6 is 11.3 Å². The lowest BCUT2D eigenvalue weighted by Crippen LogP contribution is -2.05. The molecule has 0 unspecified atom stereocenters. The molecule has 0 fully saturated rings. The minimum absolute atomic E-state index is 0.0222. The Morgan fingerprint density at radius 3 is 2.56 bits per heavy atom. The first-order chi connectivity index (χ1) is 16.2. The van der Waals surface area contributed by atoms with Gasteiger partial charge in [0.1, 0.15) is 5.69 Å². The van der Waals surface area contributed by atoms with Crippen molar-refractivity contribution in [1.82, 2.24) is 4.98 Å². The van der Waals surface area contributed by atoms with Gasteiger partial charge < -0.3 is 10.4 Å². The summed E-state index contributed by atoms with van der Waals surface area (Å²) in [5.74, 6) is -1.76. The van der Waals surface area contributed by atoms with Crippen LogP contribution < -0.4 is 5.32 Å². The molecule has 11 heteroatoms. The highest BCUT2D eigenvalue weighted by Gasteiger charge is 2.30. The molecule has 0 spiro atoms. The molecule has 0 saturated heterocycles. The van der Waals surface area contributed by atoms with Gasteiger partial charge in [0, 0.05) is 16.6 Å². The maximum Gasteiger partial charge on any atom is 0.416 e. The Hall–Kier alpha value is -4.12. The van der Waals surface area contributed by atoms with Crippen LogP contribution in [0.2, 0.25) is 0 Å². The van der Waals surface area contributed by atoms with Crippen molar-refractivity contribution < 1.29 is 27.5 Å². The highest BCUT2D eigenvalue weighted by molar-refractivity contribution is 7.14. The topological polar surface area (TPSA) is 86.9 Å². The van der Waals surface area contributed by atoms with Crippen molar-refractivity contribution in [3.8, 4) is 11.3 Å². The number of anilines is 2. The number of azo groups is 1. The fourth-order valence-electron chi connectivity index (χ4n) is 2.92. The first-order valence-electron chi connectivity index (χ1n) is 9.64. The van der Waals surface area contributed by atoms with E-state index in [1.807, 2.05) is 0 Å². The first kappa shape index (κ1) is 23.1. The Morgan fingerprint density at radius 2 is 1.79 bits per heavy atom. The molecule has 2 N–H and O–H groups in total. The maximum atomic E-state index is 14.3. The SMILES string of the molecule is O=C(O)c1cccc(/N=N/c2cc(-c3csc(Nc4cccc(C(F)(F)F)c4)n3)ccc2F)c1. The summed E-state index contributed by atoms with van der Waals surface area (Å²) in [6, 6.07) is 14.6. The molecule has 0 aliphatic rings. The van der Waals surface area contributed by atoms with E-state index in [9.17, 15) is 22.4 Å². The average molecular weight is 486 g/mol. The van der Waals surface area contributed by atoms with Crippen molar-refractivity contribution >= 4 is 39.5 Å². The van der Waals surface area contributed by atoms with Crippen molar-refractivity contribution in [3.05, 3.63) is 89.1 Å². The maximum absolute atomic E-state index is 14.3. The molecule has 0 aliphatic heterocycles. The van der Waals surface area contributed by atoms with E-state index in [0.29, 0.717) is 16.4 Å². The van der Waals surface area contributed by atoms with Gasteiger partial charge in [-0.15, -0.1) is 16.5 Å². The van der Waals surface area contributed by atoms with Crippen LogP contribution in [0.25, 0.3) is 11.3 Å². The Balaban J connectivity index is 1.55. The fraction of sp³-hybridized carbons (Fsp3) is 0.0435. The third-order valence-electron chi connectivity index (χ3n) is 4.55. The fourth-order valence-corrected chi connectivity index (χ4v) is 3.66. The summed E-state index contributed by atoms with van der Waals surface area (Å²) < 4.78 is 53.0. The molecule has 1 heterocycles. The zero-order valence-electron chi connectivity index (χ0n) is 17.0. The molecule has 0 bridgehead atoms. The lowest BCUT2D eigenvalue weighted by atomic mass is 10.1. The summed E-state index contributed by atoms with van der Waals surface area (Å²) in [5, 5.41) is 21.7. The number of nitrogens with zero attached hydrogens (tertiary/aromatic N) is 3. The summed E-state index contributed by atoms with van der Waals surface area (Å²) in [6.07, 6.45) is -4.46. The van der Waals surface area contributed by atoms with Crippen LogP contribution in [-0.4, -0.2) is 16.1 Å².